The molecule has 0 aromatic carbocycles. The molecule has 6 heteroatoms. The lowest BCUT2D eigenvalue weighted by atomic mass is 10.1. The Balaban J connectivity index is 0. The maximum Gasteiger partial charge on any atom is 0.305 e. The molecule has 1 unspecified atom stereocenters. The van der Waals surface area contributed by atoms with Gasteiger partial charge in [-0.2, -0.15) is 0 Å². The standard InChI is InChI=1S/C16H33N3O2.HI/c1-6-17-16(19-14(4)13(2)3)18-12-10-8-7-9-11-15(20)21-5;/h13-14H,6-12H2,1-5H3,(H2,17,18,19);1H. The summed E-state index contributed by atoms with van der Waals surface area (Å²) in [5.41, 5.74) is 0. The first kappa shape index (κ1) is 23.7. The molecule has 0 amide bonds. The fourth-order valence-electron chi connectivity index (χ4n) is 1.73. The number of unbranched alkanes of at least 4 members (excludes halogenated alkanes) is 3. The fraction of sp³-hybridized carbons (Fsp3) is 0.875. The molecule has 0 rings (SSSR count). The molecule has 5 nitrogen and oxygen atoms in total. The highest BCUT2D eigenvalue weighted by Crippen LogP contribution is 2.04. The van der Waals surface area contributed by atoms with Gasteiger partial charge in [-0.05, 0) is 32.6 Å². The average Bonchev–Trinajstić information content (AvgIpc) is 2.45. The van der Waals surface area contributed by atoms with Crippen molar-refractivity contribution < 1.29 is 9.53 Å². The normalized spacial score (nSPS) is 12.5. The van der Waals surface area contributed by atoms with E-state index < -0.39 is 0 Å². The van der Waals surface area contributed by atoms with Crippen molar-refractivity contribution in [3.05, 3.63) is 0 Å². The van der Waals surface area contributed by atoms with Crippen molar-refractivity contribution in [2.24, 2.45) is 10.9 Å². The van der Waals surface area contributed by atoms with E-state index in [9.17, 15) is 4.79 Å². The van der Waals surface area contributed by atoms with Gasteiger partial charge in [0.15, 0.2) is 5.96 Å². The zero-order valence-corrected chi connectivity index (χ0v) is 17.1. The van der Waals surface area contributed by atoms with E-state index in [1.165, 1.54) is 7.11 Å². The van der Waals surface area contributed by atoms with Gasteiger partial charge in [0, 0.05) is 25.6 Å². The van der Waals surface area contributed by atoms with Crippen LogP contribution in [-0.2, 0) is 9.53 Å². The number of esters is 1. The maximum absolute atomic E-state index is 11.0. The lowest BCUT2D eigenvalue weighted by molar-refractivity contribution is -0.140. The predicted molar refractivity (Wildman–Crippen MR) is 104 cm³/mol. The Labute approximate surface area is 153 Å². The quantitative estimate of drug-likeness (QED) is 0.185. The number of guanidine groups is 1. The topological polar surface area (TPSA) is 62.7 Å². The van der Waals surface area contributed by atoms with Gasteiger partial charge in [-0.3, -0.25) is 9.79 Å². The van der Waals surface area contributed by atoms with Crippen LogP contribution >= 0.6 is 24.0 Å². The number of carbonyl (C=O) groups is 1. The molecule has 0 heterocycles. The highest BCUT2D eigenvalue weighted by Gasteiger charge is 2.08. The summed E-state index contributed by atoms with van der Waals surface area (Å²) in [4.78, 5) is 15.5. The highest BCUT2D eigenvalue weighted by molar-refractivity contribution is 14.0. The summed E-state index contributed by atoms with van der Waals surface area (Å²) in [5.74, 6) is 1.36. The van der Waals surface area contributed by atoms with Crippen LogP contribution in [0, 0.1) is 5.92 Å². The molecule has 0 radical (unpaired) electrons. The summed E-state index contributed by atoms with van der Waals surface area (Å²) < 4.78 is 4.62. The predicted octanol–water partition coefficient (Wildman–Crippen LogP) is 3.33. The number of aliphatic imine (C=N–C) groups is 1. The molecule has 0 aromatic heterocycles. The minimum Gasteiger partial charge on any atom is -0.469 e. The van der Waals surface area contributed by atoms with Crippen LogP contribution in [0.1, 0.15) is 59.8 Å². The Morgan fingerprint density at radius 3 is 2.32 bits per heavy atom. The number of rotatable bonds is 10. The maximum atomic E-state index is 11.0. The number of hydrogen-bond acceptors (Lipinski definition) is 3. The van der Waals surface area contributed by atoms with Gasteiger partial charge in [0.25, 0.3) is 0 Å². The summed E-state index contributed by atoms with van der Waals surface area (Å²) in [6.45, 7) is 10.3. The van der Waals surface area contributed by atoms with Gasteiger partial charge in [-0.25, -0.2) is 0 Å². The second-order valence-electron chi connectivity index (χ2n) is 5.68. The summed E-state index contributed by atoms with van der Waals surface area (Å²) in [6, 6.07) is 0.405. The van der Waals surface area contributed by atoms with Gasteiger partial charge >= 0.3 is 5.97 Å². The van der Waals surface area contributed by atoms with Gasteiger partial charge in [0.1, 0.15) is 0 Å². The molecule has 0 aliphatic rings. The number of ether oxygens (including phenoxy) is 1. The Morgan fingerprint density at radius 2 is 1.77 bits per heavy atom. The van der Waals surface area contributed by atoms with Crippen LogP contribution in [0.25, 0.3) is 0 Å². The smallest absolute Gasteiger partial charge is 0.305 e. The molecule has 0 aliphatic heterocycles. The van der Waals surface area contributed by atoms with E-state index in [4.69, 9.17) is 0 Å². The Kier molecular flexibility index (Phi) is 16.6. The van der Waals surface area contributed by atoms with E-state index in [2.05, 4.69) is 48.1 Å². The number of hydrogen-bond donors (Lipinski definition) is 2. The zero-order valence-electron chi connectivity index (χ0n) is 14.8. The van der Waals surface area contributed by atoms with Crippen LogP contribution in [0.2, 0.25) is 0 Å². The number of nitrogens with zero attached hydrogens (tertiary/aromatic N) is 1. The third-order valence-corrected chi connectivity index (χ3v) is 3.50. The Bertz CT molecular complexity index is 310. The van der Waals surface area contributed by atoms with E-state index in [0.717, 1.165) is 44.7 Å². The Morgan fingerprint density at radius 1 is 1.14 bits per heavy atom. The minimum atomic E-state index is -0.116. The summed E-state index contributed by atoms with van der Waals surface area (Å²) in [6.07, 6.45) is 4.62. The molecule has 2 N–H and O–H groups in total. The summed E-state index contributed by atoms with van der Waals surface area (Å²) in [5, 5.41) is 6.69. The van der Waals surface area contributed by atoms with Gasteiger partial charge < -0.3 is 15.4 Å². The van der Waals surface area contributed by atoms with Crippen LogP contribution in [0.3, 0.4) is 0 Å². The fourth-order valence-corrected chi connectivity index (χ4v) is 1.73. The first-order chi connectivity index (χ1) is 10.0. The van der Waals surface area contributed by atoms with E-state index in [-0.39, 0.29) is 29.9 Å². The van der Waals surface area contributed by atoms with E-state index in [1.807, 2.05) is 0 Å². The molecular weight excluding hydrogens is 393 g/mol. The first-order valence-corrected chi connectivity index (χ1v) is 8.12. The van der Waals surface area contributed by atoms with Crippen molar-refractivity contribution in [2.75, 3.05) is 20.2 Å². The van der Waals surface area contributed by atoms with Crippen molar-refractivity contribution in [3.63, 3.8) is 0 Å². The zero-order chi connectivity index (χ0) is 16.1. The summed E-state index contributed by atoms with van der Waals surface area (Å²) in [7, 11) is 1.43. The van der Waals surface area contributed by atoms with Crippen molar-refractivity contribution in [1.29, 1.82) is 0 Å². The van der Waals surface area contributed by atoms with Crippen LogP contribution in [-0.4, -0.2) is 38.2 Å². The summed E-state index contributed by atoms with van der Waals surface area (Å²) >= 11 is 0. The molecule has 132 valence electrons. The third kappa shape index (κ3) is 13.2. The molecule has 0 fully saturated rings. The molecule has 0 spiro atoms. The molecule has 22 heavy (non-hydrogen) atoms. The number of nitrogens with one attached hydrogen (secondary N) is 2. The average molecular weight is 427 g/mol. The largest absolute Gasteiger partial charge is 0.469 e. The lowest BCUT2D eigenvalue weighted by Crippen LogP contribution is -2.44. The van der Waals surface area contributed by atoms with Gasteiger partial charge in [0.05, 0.1) is 7.11 Å². The lowest BCUT2D eigenvalue weighted by Gasteiger charge is -2.20. The van der Waals surface area contributed by atoms with Crippen molar-refractivity contribution in [1.82, 2.24) is 10.6 Å². The first-order valence-electron chi connectivity index (χ1n) is 8.12. The monoisotopic (exact) mass is 427 g/mol. The van der Waals surface area contributed by atoms with E-state index >= 15 is 0 Å². The molecule has 0 aromatic rings. The molecule has 0 saturated heterocycles. The van der Waals surface area contributed by atoms with Crippen LogP contribution < -0.4 is 10.6 Å². The number of halogens is 1. The van der Waals surface area contributed by atoms with Crippen molar-refractivity contribution >= 4 is 35.9 Å². The van der Waals surface area contributed by atoms with Gasteiger partial charge in [-0.15, -0.1) is 24.0 Å². The van der Waals surface area contributed by atoms with Crippen molar-refractivity contribution in [3.8, 4) is 0 Å². The van der Waals surface area contributed by atoms with Crippen LogP contribution in [0.15, 0.2) is 4.99 Å². The molecule has 1 atom stereocenters. The van der Waals surface area contributed by atoms with E-state index in [1.54, 1.807) is 0 Å². The van der Waals surface area contributed by atoms with Crippen LogP contribution in [0.4, 0.5) is 0 Å². The van der Waals surface area contributed by atoms with Crippen molar-refractivity contribution in [2.45, 2.75) is 65.8 Å². The van der Waals surface area contributed by atoms with Crippen LogP contribution in [0.5, 0.6) is 0 Å². The number of methoxy groups -OCH3 is 1. The Hall–Kier alpha value is -0.530. The molecule has 0 bridgehead atoms. The SMILES string of the molecule is CCNC(=NCCCCCCC(=O)OC)NC(C)C(C)C.I. The van der Waals surface area contributed by atoms with Gasteiger partial charge in [-0.1, -0.05) is 26.7 Å². The third-order valence-electron chi connectivity index (χ3n) is 3.50. The molecule has 0 saturated carbocycles. The van der Waals surface area contributed by atoms with Gasteiger partial charge in [0.2, 0.25) is 0 Å². The highest BCUT2D eigenvalue weighted by atomic mass is 127. The molecular formula is C16H34IN3O2. The molecule has 0 aliphatic carbocycles. The van der Waals surface area contributed by atoms with E-state index in [0.29, 0.717) is 18.4 Å². The minimum absolute atomic E-state index is 0. The second-order valence-corrected chi connectivity index (χ2v) is 5.68. The second kappa shape index (κ2) is 15.4. The number of carbonyl (C=O) groups excluding carboxylic acids is 1.